The topological polar surface area (TPSA) is 17.1 Å². The monoisotopic (exact) mass is 190 g/mol. The van der Waals surface area contributed by atoms with Gasteiger partial charge in [0.05, 0.1) is 0 Å². The minimum absolute atomic E-state index is 0.178. The van der Waals surface area contributed by atoms with Crippen molar-refractivity contribution in [3.8, 4) is 0 Å². The van der Waals surface area contributed by atoms with Crippen molar-refractivity contribution in [3.05, 3.63) is 35.4 Å². The molecule has 0 atom stereocenters. The van der Waals surface area contributed by atoms with Crippen molar-refractivity contribution in [2.24, 2.45) is 0 Å². The van der Waals surface area contributed by atoms with Crippen molar-refractivity contribution in [2.45, 2.75) is 39.5 Å². The van der Waals surface area contributed by atoms with Crippen LogP contribution in [0.2, 0.25) is 0 Å². The van der Waals surface area contributed by atoms with Crippen molar-refractivity contribution in [3.63, 3.8) is 0 Å². The lowest BCUT2D eigenvalue weighted by molar-refractivity contribution is 0.101. The average Bonchev–Trinajstić information content (AvgIpc) is 2.19. The summed E-state index contributed by atoms with van der Waals surface area (Å²) in [6, 6.07) is 7.92. The van der Waals surface area contributed by atoms with Crippen molar-refractivity contribution in [1.82, 2.24) is 0 Å². The minimum atomic E-state index is 0.178. The smallest absolute Gasteiger partial charge is 0.160 e. The second-order valence-corrected chi connectivity index (χ2v) is 3.67. The Bertz CT molecular complexity index is 302. The highest BCUT2D eigenvalue weighted by Gasteiger charge is 2.04. The van der Waals surface area contributed by atoms with Crippen LogP contribution in [-0.4, -0.2) is 5.78 Å². The van der Waals surface area contributed by atoms with E-state index in [0.29, 0.717) is 0 Å². The van der Waals surface area contributed by atoms with Crippen molar-refractivity contribution in [1.29, 1.82) is 0 Å². The van der Waals surface area contributed by atoms with E-state index in [0.717, 1.165) is 12.0 Å². The molecule has 0 aromatic heterocycles. The molecule has 0 aliphatic carbocycles. The van der Waals surface area contributed by atoms with Crippen molar-refractivity contribution >= 4 is 5.78 Å². The van der Waals surface area contributed by atoms with E-state index in [1.807, 2.05) is 18.2 Å². The highest BCUT2D eigenvalue weighted by molar-refractivity contribution is 5.95. The summed E-state index contributed by atoms with van der Waals surface area (Å²) >= 11 is 0. The average molecular weight is 190 g/mol. The second kappa shape index (κ2) is 5.58. The molecular formula is C13H18O. The molecule has 0 unspecified atom stereocenters. The van der Waals surface area contributed by atoms with Gasteiger partial charge >= 0.3 is 0 Å². The largest absolute Gasteiger partial charge is 0.295 e. The molecule has 1 aromatic rings. The van der Waals surface area contributed by atoms with Crippen LogP contribution in [0.15, 0.2) is 24.3 Å². The van der Waals surface area contributed by atoms with Gasteiger partial charge in [0.1, 0.15) is 0 Å². The van der Waals surface area contributed by atoms with Crippen LogP contribution < -0.4 is 0 Å². The number of hydrogen-bond acceptors (Lipinski definition) is 1. The number of hydrogen-bond donors (Lipinski definition) is 0. The van der Waals surface area contributed by atoms with Crippen LogP contribution in [0.5, 0.6) is 0 Å². The lowest BCUT2D eigenvalue weighted by Crippen LogP contribution is -1.99. The standard InChI is InChI=1S/C13H18O/c1-3-4-5-8-12-9-6-7-10-13(12)11(2)14/h6-7,9-10H,3-5,8H2,1-2H3. The summed E-state index contributed by atoms with van der Waals surface area (Å²) in [5, 5.41) is 0. The fraction of sp³-hybridized carbons (Fsp3) is 0.462. The van der Waals surface area contributed by atoms with Gasteiger partial charge in [0.25, 0.3) is 0 Å². The minimum Gasteiger partial charge on any atom is -0.295 e. The summed E-state index contributed by atoms with van der Waals surface area (Å²) in [5.41, 5.74) is 2.09. The van der Waals surface area contributed by atoms with Gasteiger partial charge in [0, 0.05) is 5.56 Å². The Morgan fingerprint density at radius 3 is 2.57 bits per heavy atom. The Hall–Kier alpha value is -1.11. The van der Waals surface area contributed by atoms with Crippen LogP contribution in [0.4, 0.5) is 0 Å². The number of carbonyl (C=O) groups excluding carboxylic acids is 1. The highest BCUT2D eigenvalue weighted by Crippen LogP contribution is 2.13. The molecule has 76 valence electrons. The lowest BCUT2D eigenvalue weighted by Gasteiger charge is -2.05. The third kappa shape index (κ3) is 2.99. The van der Waals surface area contributed by atoms with Gasteiger partial charge < -0.3 is 0 Å². The van der Waals surface area contributed by atoms with Gasteiger partial charge in [0.2, 0.25) is 0 Å². The number of aryl methyl sites for hydroxylation is 1. The molecule has 0 saturated heterocycles. The van der Waals surface area contributed by atoms with E-state index in [4.69, 9.17) is 0 Å². The Morgan fingerprint density at radius 1 is 1.21 bits per heavy atom. The number of Topliss-reactive ketones (excluding diaryl/α,β-unsaturated/α-hetero) is 1. The molecular weight excluding hydrogens is 172 g/mol. The first kappa shape index (κ1) is 11.0. The Labute approximate surface area is 86.1 Å². The molecule has 0 heterocycles. The predicted molar refractivity (Wildman–Crippen MR) is 59.7 cm³/mol. The summed E-state index contributed by atoms with van der Waals surface area (Å²) in [4.78, 5) is 11.3. The lowest BCUT2D eigenvalue weighted by atomic mass is 9.99. The van der Waals surface area contributed by atoms with Crippen molar-refractivity contribution in [2.75, 3.05) is 0 Å². The first-order chi connectivity index (χ1) is 6.75. The Balaban J connectivity index is 2.69. The maximum atomic E-state index is 11.3. The molecule has 0 saturated carbocycles. The molecule has 0 aliphatic heterocycles. The first-order valence-electron chi connectivity index (χ1n) is 5.34. The highest BCUT2D eigenvalue weighted by atomic mass is 16.1. The van der Waals surface area contributed by atoms with E-state index >= 15 is 0 Å². The van der Waals surface area contributed by atoms with E-state index in [1.54, 1.807) is 6.92 Å². The van der Waals surface area contributed by atoms with Gasteiger partial charge in [-0.3, -0.25) is 4.79 Å². The normalized spacial score (nSPS) is 10.1. The molecule has 0 fully saturated rings. The van der Waals surface area contributed by atoms with E-state index in [1.165, 1.54) is 24.8 Å². The SMILES string of the molecule is CCCCCc1ccccc1C(C)=O. The molecule has 0 radical (unpaired) electrons. The third-order valence-electron chi connectivity index (χ3n) is 2.45. The third-order valence-corrected chi connectivity index (χ3v) is 2.45. The van der Waals surface area contributed by atoms with Gasteiger partial charge in [-0.2, -0.15) is 0 Å². The Morgan fingerprint density at radius 2 is 1.93 bits per heavy atom. The fourth-order valence-electron chi connectivity index (χ4n) is 1.65. The Kier molecular flexibility index (Phi) is 4.37. The van der Waals surface area contributed by atoms with Gasteiger partial charge in [-0.15, -0.1) is 0 Å². The maximum Gasteiger partial charge on any atom is 0.160 e. The van der Waals surface area contributed by atoms with Gasteiger partial charge in [-0.25, -0.2) is 0 Å². The predicted octanol–water partition coefficient (Wildman–Crippen LogP) is 3.62. The molecule has 0 bridgehead atoms. The zero-order valence-electron chi connectivity index (χ0n) is 9.05. The van der Waals surface area contributed by atoms with Crippen LogP contribution in [0, 0.1) is 0 Å². The number of benzene rings is 1. The zero-order chi connectivity index (χ0) is 10.4. The molecule has 14 heavy (non-hydrogen) atoms. The fourth-order valence-corrected chi connectivity index (χ4v) is 1.65. The number of ketones is 1. The van der Waals surface area contributed by atoms with E-state index in [-0.39, 0.29) is 5.78 Å². The summed E-state index contributed by atoms with van der Waals surface area (Å²) < 4.78 is 0. The van der Waals surface area contributed by atoms with E-state index in [9.17, 15) is 4.79 Å². The van der Waals surface area contributed by atoms with E-state index < -0.39 is 0 Å². The molecule has 0 aliphatic rings. The van der Waals surface area contributed by atoms with Gasteiger partial charge in [0.15, 0.2) is 5.78 Å². The maximum absolute atomic E-state index is 11.3. The van der Waals surface area contributed by atoms with Crippen LogP contribution in [0.1, 0.15) is 49.0 Å². The van der Waals surface area contributed by atoms with Crippen LogP contribution in [-0.2, 0) is 6.42 Å². The number of carbonyl (C=O) groups is 1. The van der Waals surface area contributed by atoms with Crippen molar-refractivity contribution < 1.29 is 4.79 Å². The molecule has 1 nitrogen and oxygen atoms in total. The summed E-state index contributed by atoms with van der Waals surface area (Å²) in [5.74, 6) is 0.178. The molecule has 0 spiro atoms. The van der Waals surface area contributed by atoms with Crippen LogP contribution >= 0.6 is 0 Å². The molecule has 0 amide bonds. The molecule has 1 rings (SSSR count). The quantitative estimate of drug-likeness (QED) is 0.512. The van der Waals surface area contributed by atoms with Crippen LogP contribution in [0.3, 0.4) is 0 Å². The number of unbranched alkanes of at least 4 members (excludes halogenated alkanes) is 2. The molecule has 0 N–H and O–H groups in total. The summed E-state index contributed by atoms with van der Waals surface area (Å²) in [7, 11) is 0. The van der Waals surface area contributed by atoms with E-state index in [2.05, 4.69) is 13.0 Å². The molecule has 1 aromatic carbocycles. The van der Waals surface area contributed by atoms with Crippen LogP contribution in [0.25, 0.3) is 0 Å². The first-order valence-corrected chi connectivity index (χ1v) is 5.34. The number of rotatable bonds is 5. The van der Waals surface area contributed by atoms with Gasteiger partial charge in [-0.1, -0.05) is 44.0 Å². The zero-order valence-corrected chi connectivity index (χ0v) is 9.05. The summed E-state index contributed by atoms with van der Waals surface area (Å²) in [6.07, 6.45) is 4.68. The summed E-state index contributed by atoms with van der Waals surface area (Å²) in [6.45, 7) is 3.83. The second-order valence-electron chi connectivity index (χ2n) is 3.67. The van der Waals surface area contributed by atoms with Gasteiger partial charge in [-0.05, 0) is 25.3 Å². The molecule has 1 heteroatoms.